The minimum Gasteiger partial charge on any atom is -0.368 e. The molecule has 2 heterocycles. The Bertz CT molecular complexity index is 1080. The number of piperazine rings is 1. The maximum absolute atomic E-state index is 13.7. The Morgan fingerprint density at radius 1 is 1.00 bits per heavy atom. The summed E-state index contributed by atoms with van der Waals surface area (Å²) in [4.78, 5) is 21.4. The maximum atomic E-state index is 13.7. The van der Waals surface area contributed by atoms with Gasteiger partial charge in [-0.2, -0.15) is 0 Å². The molecule has 1 aromatic heterocycles. The highest BCUT2D eigenvalue weighted by molar-refractivity contribution is 5.92. The molecule has 1 saturated heterocycles. The number of nitrogens with zero attached hydrogens (tertiary/aromatic N) is 3. The molecule has 5 nitrogen and oxygen atoms in total. The minimum atomic E-state index is -0.347. The van der Waals surface area contributed by atoms with Gasteiger partial charge in [-0.05, 0) is 48.9 Å². The van der Waals surface area contributed by atoms with Gasteiger partial charge in [-0.3, -0.25) is 4.79 Å². The monoisotopic (exact) mass is 430 g/mol. The second-order valence-electron chi connectivity index (χ2n) is 7.84. The Balaban J connectivity index is 1.35. The summed E-state index contributed by atoms with van der Waals surface area (Å²) in [6, 6.07) is 20.5. The van der Waals surface area contributed by atoms with Gasteiger partial charge in [0.05, 0.1) is 6.04 Å². The molecule has 1 fully saturated rings. The van der Waals surface area contributed by atoms with Gasteiger partial charge in [0.1, 0.15) is 11.6 Å². The van der Waals surface area contributed by atoms with E-state index in [0.717, 1.165) is 43.2 Å². The van der Waals surface area contributed by atoms with Gasteiger partial charge in [-0.1, -0.05) is 36.4 Å². The lowest BCUT2D eigenvalue weighted by Crippen LogP contribution is -2.46. The van der Waals surface area contributed by atoms with E-state index in [4.69, 9.17) is 0 Å². The summed E-state index contributed by atoms with van der Waals surface area (Å²) in [6.45, 7) is 5.59. The predicted molar refractivity (Wildman–Crippen MR) is 127 cm³/mol. The first-order valence-corrected chi connectivity index (χ1v) is 10.8. The highest BCUT2D eigenvalue weighted by atomic mass is 19.1. The SMILES string of the molecule is C[C@H](NC(=O)C=Cc1ccccc1F)c1cccc(N2CCN(c3ccccn3)CC2)c1. The largest absolute Gasteiger partial charge is 0.368 e. The fourth-order valence-corrected chi connectivity index (χ4v) is 3.85. The van der Waals surface area contributed by atoms with Crippen LogP contribution < -0.4 is 15.1 Å². The third kappa shape index (κ3) is 5.32. The maximum Gasteiger partial charge on any atom is 0.244 e. The first-order chi connectivity index (χ1) is 15.6. The molecule has 0 saturated carbocycles. The van der Waals surface area contributed by atoms with Crippen molar-refractivity contribution in [2.75, 3.05) is 36.0 Å². The number of carbonyl (C=O) groups excluding carboxylic acids is 1. The number of hydrogen-bond acceptors (Lipinski definition) is 4. The summed E-state index contributed by atoms with van der Waals surface area (Å²) >= 11 is 0. The fourth-order valence-electron chi connectivity index (χ4n) is 3.85. The Hall–Kier alpha value is -3.67. The highest BCUT2D eigenvalue weighted by Crippen LogP contribution is 2.23. The molecule has 32 heavy (non-hydrogen) atoms. The van der Waals surface area contributed by atoms with Crippen LogP contribution >= 0.6 is 0 Å². The molecule has 164 valence electrons. The molecule has 0 bridgehead atoms. The van der Waals surface area contributed by atoms with Crippen LogP contribution in [0.1, 0.15) is 24.1 Å². The van der Waals surface area contributed by atoms with Crippen LogP contribution in [0.25, 0.3) is 6.08 Å². The fraction of sp³-hybridized carbons (Fsp3) is 0.231. The number of aromatic nitrogens is 1. The summed E-state index contributed by atoms with van der Waals surface area (Å²) in [5.41, 5.74) is 2.57. The van der Waals surface area contributed by atoms with Crippen LogP contribution in [0.2, 0.25) is 0 Å². The van der Waals surface area contributed by atoms with Crippen LogP contribution in [-0.4, -0.2) is 37.1 Å². The zero-order chi connectivity index (χ0) is 22.3. The van der Waals surface area contributed by atoms with Crippen molar-refractivity contribution in [2.45, 2.75) is 13.0 Å². The first-order valence-electron chi connectivity index (χ1n) is 10.8. The van der Waals surface area contributed by atoms with Gasteiger partial charge < -0.3 is 15.1 Å². The molecule has 1 atom stereocenters. The van der Waals surface area contributed by atoms with E-state index < -0.39 is 0 Å². The van der Waals surface area contributed by atoms with E-state index in [0.29, 0.717) is 5.56 Å². The average Bonchev–Trinajstić information content (AvgIpc) is 2.84. The molecule has 0 spiro atoms. The summed E-state index contributed by atoms with van der Waals surface area (Å²) in [7, 11) is 0. The second-order valence-corrected chi connectivity index (χ2v) is 7.84. The molecule has 0 aliphatic carbocycles. The normalized spacial score (nSPS) is 15.1. The van der Waals surface area contributed by atoms with Crippen molar-refractivity contribution in [3.8, 4) is 0 Å². The first kappa shape index (κ1) is 21.6. The Labute approximate surface area is 188 Å². The molecule has 1 N–H and O–H groups in total. The average molecular weight is 431 g/mol. The lowest BCUT2D eigenvalue weighted by Gasteiger charge is -2.37. The van der Waals surface area contributed by atoms with E-state index in [9.17, 15) is 9.18 Å². The third-order valence-electron chi connectivity index (χ3n) is 5.67. The van der Waals surface area contributed by atoms with E-state index in [2.05, 4.69) is 32.2 Å². The molecular weight excluding hydrogens is 403 g/mol. The van der Waals surface area contributed by atoms with Crippen molar-refractivity contribution in [1.82, 2.24) is 10.3 Å². The molecule has 2 aromatic carbocycles. The summed E-state index contributed by atoms with van der Waals surface area (Å²) in [5.74, 6) is 0.413. The highest BCUT2D eigenvalue weighted by Gasteiger charge is 2.19. The third-order valence-corrected chi connectivity index (χ3v) is 5.67. The van der Waals surface area contributed by atoms with Crippen molar-refractivity contribution in [2.24, 2.45) is 0 Å². The van der Waals surface area contributed by atoms with Crippen LogP contribution in [0.3, 0.4) is 0 Å². The minimum absolute atomic E-state index is 0.164. The number of nitrogens with one attached hydrogen (secondary N) is 1. The summed E-state index contributed by atoms with van der Waals surface area (Å²) < 4.78 is 13.7. The van der Waals surface area contributed by atoms with Crippen molar-refractivity contribution in [3.05, 3.63) is 95.9 Å². The van der Waals surface area contributed by atoms with Crippen molar-refractivity contribution < 1.29 is 9.18 Å². The smallest absolute Gasteiger partial charge is 0.244 e. The van der Waals surface area contributed by atoms with E-state index >= 15 is 0 Å². The summed E-state index contributed by atoms with van der Waals surface area (Å²) in [6.07, 6.45) is 4.69. The Morgan fingerprint density at radius 2 is 1.75 bits per heavy atom. The molecular formula is C26H27FN4O. The number of benzene rings is 2. The zero-order valence-electron chi connectivity index (χ0n) is 18.1. The number of halogens is 1. The predicted octanol–water partition coefficient (Wildman–Crippen LogP) is 4.44. The lowest BCUT2D eigenvalue weighted by molar-refractivity contribution is -0.117. The number of pyridine rings is 1. The number of carbonyl (C=O) groups is 1. The number of hydrogen-bond donors (Lipinski definition) is 1. The van der Waals surface area contributed by atoms with Crippen LogP contribution in [0.15, 0.2) is 79.0 Å². The standard InChI is InChI=1S/C26H27FN4O/c1-20(29-26(32)13-12-21-7-2-3-10-24(21)27)22-8-6-9-23(19-22)30-15-17-31(18-16-30)25-11-4-5-14-28-25/h2-14,19-20H,15-18H2,1H3,(H,29,32)/t20-/m0/s1. The van der Waals surface area contributed by atoms with Crippen molar-refractivity contribution in [1.29, 1.82) is 0 Å². The molecule has 1 aliphatic heterocycles. The molecule has 0 unspecified atom stereocenters. The van der Waals surface area contributed by atoms with Crippen molar-refractivity contribution >= 4 is 23.5 Å². The van der Waals surface area contributed by atoms with Crippen LogP contribution in [0.4, 0.5) is 15.9 Å². The van der Waals surface area contributed by atoms with Gasteiger partial charge in [0.25, 0.3) is 0 Å². The van der Waals surface area contributed by atoms with E-state index in [1.54, 1.807) is 18.2 Å². The van der Waals surface area contributed by atoms with Crippen LogP contribution in [0.5, 0.6) is 0 Å². The van der Waals surface area contributed by atoms with E-state index in [-0.39, 0.29) is 17.8 Å². The molecule has 0 radical (unpaired) electrons. The van der Waals surface area contributed by atoms with Crippen molar-refractivity contribution in [3.63, 3.8) is 0 Å². The van der Waals surface area contributed by atoms with Crippen LogP contribution in [-0.2, 0) is 4.79 Å². The number of rotatable bonds is 6. The Kier molecular flexibility index (Phi) is 6.80. The molecule has 3 aromatic rings. The van der Waals surface area contributed by atoms with Crippen LogP contribution in [0, 0.1) is 5.82 Å². The van der Waals surface area contributed by atoms with Gasteiger partial charge in [0, 0.05) is 49.7 Å². The summed E-state index contributed by atoms with van der Waals surface area (Å²) in [5, 5.41) is 2.96. The second kappa shape index (κ2) is 10.1. The van der Waals surface area contributed by atoms with E-state index in [1.807, 2.05) is 43.5 Å². The van der Waals surface area contributed by atoms with Gasteiger partial charge in [-0.25, -0.2) is 9.37 Å². The lowest BCUT2D eigenvalue weighted by atomic mass is 10.1. The van der Waals surface area contributed by atoms with Gasteiger partial charge in [0.15, 0.2) is 0 Å². The van der Waals surface area contributed by atoms with E-state index in [1.165, 1.54) is 18.2 Å². The molecule has 6 heteroatoms. The zero-order valence-corrected chi connectivity index (χ0v) is 18.1. The topological polar surface area (TPSA) is 48.5 Å². The van der Waals surface area contributed by atoms with Gasteiger partial charge in [0.2, 0.25) is 5.91 Å². The Morgan fingerprint density at radius 3 is 2.50 bits per heavy atom. The molecule has 1 amide bonds. The number of anilines is 2. The van der Waals surface area contributed by atoms with Gasteiger partial charge in [-0.15, -0.1) is 0 Å². The molecule has 1 aliphatic rings. The quantitative estimate of drug-likeness (QED) is 0.588. The number of amides is 1. The molecule has 4 rings (SSSR count). The van der Waals surface area contributed by atoms with Gasteiger partial charge >= 0.3 is 0 Å².